The van der Waals surface area contributed by atoms with Gasteiger partial charge in [-0.05, 0) is 43.4 Å². The summed E-state index contributed by atoms with van der Waals surface area (Å²) in [4.78, 5) is 0. The van der Waals surface area contributed by atoms with Crippen molar-refractivity contribution < 1.29 is 4.74 Å². The Morgan fingerprint density at radius 2 is 2.17 bits per heavy atom. The third-order valence-corrected chi connectivity index (χ3v) is 3.82. The van der Waals surface area contributed by atoms with Gasteiger partial charge in [0.1, 0.15) is 0 Å². The fourth-order valence-corrected chi connectivity index (χ4v) is 2.68. The lowest BCUT2D eigenvalue weighted by atomic mass is 9.76. The SMILES string of the molecule is C=COCCCNC1CC(c2ccccc2Cl)C1. The Morgan fingerprint density at radius 1 is 1.39 bits per heavy atom. The average Bonchev–Trinajstić information content (AvgIpc) is 2.33. The molecule has 3 heteroatoms. The van der Waals surface area contributed by atoms with Gasteiger partial charge in [-0.3, -0.25) is 0 Å². The van der Waals surface area contributed by atoms with Crippen LogP contribution in [0.2, 0.25) is 5.02 Å². The first-order valence-electron chi connectivity index (χ1n) is 6.51. The highest BCUT2D eigenvalue weighted by molar-refractivity contribution is 6.31. The van der Waals surface area contributed by atoms with Crippen LogP contribution in [0.3, 0.4) is 0 Å². The molecule has 0 atom stereocenters. The summed E-state index contributed by atoms with van der Waals surface area (Å²) < 4.78 is 5.08. The molecule has 0 aromatic heterocycles. The zero-order valence-corrected chi connectivity index (χ0v) is 11.3. The first-order chi connectivity index (χ1) is 8.81. The molecular weight excluding hydrogens is 246 g/mol. The number of hydrogen-bond donors (Lipinski definition) is 1. The molecule has 1 saturated carbocycles. The maximum Gasteiger partial charge on any atom is 0.0885 e. The summed E-state index contributed by atoms with van der Waals surface area (Å²) in [6, 6.07) is 8.80. The molecule has 0 amide bonds. The maximum absolute atomic E-state index is 6.19. The van der Waals surface area contributed by atoms with Crippen LogP contribution < -0.4 is 5.32 Å². The molecule has 0 bridgehead atoms. The zero-order chi connectivity index (χ0) is 12.8. The summed E-state index contributed by atoms with van der Waals surface area (Å²) in [7, 11) is 0. The Bertz CT molecular complexity index is 388. The highest BCUT2D eigenvalue weighted by Crippen LogP contribution is 2.39. The van der Waals surface area contributed by atoms with Crippen LogP contribution in [0.15, 0.2) is 37.1 Å². The maximum atomic E-state index is 6.19. The standard InChI is InChI=1S/C15H20ClNO/c1-2-18-9-5-8-17-13-10-12(11-13)14-6-3-4-7-15(14)16/h2-4,6-7,12-13,17H,1,5,8-11H2. The predicted octanol–water partition coefficient (Wildman–Crippen LogP) is 3.73. The fraction of sp³-hybridized carbons (Fsp3) is 0.467. The van der Waals surface area contributed by atoms with E-state index < -0.39 is 0 Å². The van der Waals surface area contributed by atoms with Gasteiger partial charge in [0.15, 0.2) is 0 Å². The van der Waals surface area contributed by atoms with Crippen molar-refractivity contribution in [2.24, 2.45) is 0 Å². The van der Waals surface area contributed by atoms with Gasteiger partial charge in [-0.2, -0.15) is 0 Å². The number of hydrogen-bond acceptors (Lipinski definition) is 2. The van der Waals surface area contributed by atoms with E-state index in [9.17, 15) is 0 Å². The third kappa shape index (κ3) is 3.50. The van der Waals surface area contributed by atoms with Crippen LogP contribution in [0.25, 0.3) is 0 Å². The smallest absolute Gasteiger partial charge is 0.0885 e. The van der Waals surface area contributed by atoms with Gasteiger partial charge in [-0.1, -0.05) is 36.4 Å². The molecule has 0 aliphatic heterocycles. The largest absolute Gasteiger partial charge is 0.502 e. The van der Waals surface area contributed by atoms with Crippen LogP contribution in [-0.2, 0) is 4.74 Å². The molecule has 1 N–H and O–H groups in total. The van der Waals surface area contributed by atoms with Crippen molar-refractivity contribution in [3.63, 3.8) is 0 Å². The van der Waals surface area contributed by atoms with Crippen LogP contribution in [0.4, 0.5) is 0 Å². The van der Waals surface area contributed by atoms with Crippen molar-refractivity contribution in [1.82, 2.24) is 5.32 Å². The minimum atomic E-state index is 0.626. The Kier molecular flexibility index (Phi) is 5.09. The third-order valence-electron chi connectivity index (χ3n) is 3.47. The monoisotopic (exact) mass is 265 g/mol. The van der Waals surface area contributed by atoms with Gasteiger partial charge in [-0.25, -0.2) is 0 Å². The summed E-state index contributed by atoms with van der Waals surface area (Å²) in [5.41, 5.74) is 1.30. The number of benzene rings is 1. The molecule has 1 aliphatic carbocycles. The molecule has 0 heterocycles. The van der Waals surface area contributed by atoms with Crippen molar-refractivity contribution in [2.75, 3.05) is 13.2 Å². The summed E-state index contributed by atoms with van der Waals surface area (Å²) in [5, 5.41) is 4.44. The molecule has 1 aliphatic rings. The summed E-state index contributed by atoms with van der Waals surface area (Å²) in [5.74, 6) is 0.626. The molecule has 1 aromatic carbocycles. The predicted molar refractivity (Wildman–Crippen MR) is 76.0 cm³/mol. The van der Waals surface area contributed by atoms with E-state index in [2.05, 4.69) is 24.0 Å². The van der Waals surface area contributed by atoms with E-state index in [0.717, 1.165) is 24.6 Å². The second-order valence-electron chi connectivity index (χ2n) is 4.73. The normalized spacial score (nSPS) is 22.3. The lowest BCUT2D eigenvalue weighted by molar-refractivity contribution is 0.232. The minimum Gasteiger partial charge on any atom is -0.502 e. The molecule has 2 rings (SSSR count). The molecule has 1 aromatic rings. The summed E-state index contributed by atoms with van der Waals surface area (Å²) in [6.45, 7) is 5.27. The lowest BCUT2D eigenvalue weighted by Crippen LogP contribution is -2.40. The second-order valence-corrected chi connectivity index (χ2v) is 5.14. The highest BCUT2D eigenvalue weighted by Gasteiger charge is 2.30. The van der Waals surface area contributed by atoms with E-state index in [-0.39, 0.29) is 0 Å². The van der Waals surface area contributed by atoms with E-state index in [1.807, 2.05) is 12.1 Å². The number of ether oxygens (including phenoxy) is 1. The summed E-state index contributed by atoms with van der Waals surface area (Å²) in [6.07, 6.45) is 4.90. The van der Waals surface area contributed by atoms with Crippen LogP contribution in [0, 0.1) is 0 Å². The van der Waals surface area contributed by atoms with Crippen molar-refractivity contribution in [3.05, 3.63) is 47.7 Å². The fourth-order valence-electron chi connectivity index (χ4n) is 2.39. The van der Waals surface area contributed by atoms with Gasteiger partial charge < -0.3 is 10.1 Å². The zero-order valence-electron chi connectivity index (χ0n) is 10.6. The highest BCUT2D eigenvalue weighted by atomic mass is 35.5. The van der Waals surface area contributed by atoms with E-state index in [4.69, 9.17) is 16.3 Å². The molecule has 2 nitrogen and oxygen atoms in total. The number of nitrogens with one attached hydrogen (secondary N) is 1. The van der Waals surface area contributed by atoms with Gasteiger partial charge in [0, 0.05) is 11.1 Å². The molecule has 0 saturated heterocycles. The van der Waals surface area contributed by atoms with Gasteiger partial charge in [0.25, 0.3) is 0 Å². The van der Waals surface area contributed by atoms with Crippen molar-refractivity contribution in [1.29, 1.82) is 0 Å². The Hall–Kier alpha value is -0.990. The van der Waals surface area contributed by atoms with Crippen LogP contribution >= 0.6 is 11.6 Å². The van der Waals surface area contributed by atoms with E-state index >= 15 is 0 Å². The Morgan fingerprint density at radius 3 is 2.89 bits per heavy atom. The van der Waals surface area contributed by atoms with Gasteiger partial charge in [0.2, 0.25) is 0 Å². The molecule has 98 valence electrons. The minimum absolute atomic E-state index is 0.626. The summed E-state index contributed by atoms with van der Waals surface area (Å²) >= 11 is 6.19. The van der Waals surface area contributed by atoms with Crippen LogP contribution in [0.1, 0.15) is 30.7 Å². The first-order valence-corrected chi connectivity index (χ1v) is 6.89. The quantitative estimate of drug-likeness (QED) is 0.599. The van der Waals surface area contributed by atoms with Crippen molar-refractivity contribution >= 4 is 11.6 Å². The Labute approximate surface area is 114 Å². The molecular formula is C15H20ClNO. The molecule has 1 fully saturated rings. The second kappa shape index (κ2) is 6.81. The number of halogens is 1. The molecule has 0 radical (unpaired) electrons. The van der Waals surface area contributed by atoms with E-state index in [1.165, 1.54) is 24.7 Å². The molecule has 0 spiro atoms. The van der Waals surface area contributed by atoms with Gasteiger partial charge in [0.05, 0.1) is 12.9 Å². The topological polar surface area (TPSA) is 21.3 Å². The van der Waals surface area contributed by atoms with Crippen LogP contribution in [-0.4, -0.2) is 19.2 Å². The van der Waals surface area contributed by atoms with Crippen molar-refractivity contribution in [2.45, 2.75) is 31.2 Å². The van der Waals surface area contributed by atoms with Gasteiger partial charge >= 0.3 is 0 Å². The van der Waals surface area contributed by atoms with Gasteiger partial charge in [-0.15, -0.1) is 0 Å². The van der Waals surface area contributed by atoms with Crippen LogP contribution in [0.5, 0.6) is 0 Å². The first kappa shape index (κ1) is 13.4. The van der Waals surface area contributed by atoms with E-state index in [0.29, 0.717) is 12.0 Å². The number of rotatable bonds is 7. The molecule has 0 unspecified atom stereocenters. The van der Waals surface area contributed by atoms with E-state index in [1.54, 1.807) is 0 Å². The molecule has 18 heavy (non-hydrogen) atoms. The Balaban J connectivity index is 1.65. The lowest BCUT2D eigenvalue weighted by Gasteiger charge is -2.36. The average molecular weight is 266 g/mol. The van der Waals surface area contributed by atoms with Crippen molar-refractivity contribution in [3.8, 4) is 0 Å².